The van der Waals surface area contributed by atoms with Gasteiger partial charge in [0.2, 0.25) is 0 Å². The molecule has 0 unspecified atom stereocenters. The van der Waals surface area contributed by atoms with Crippen molar-refractivity contribution in [3.63, 3.8) is 0 Å². The van der Waals surface area contributed by atoms with Crippen LogP contribution in [-0.2, 0) is 13.0 Å². The second-order valence-corrected chi connectivity index (χ2v) is 5.74. The summed E-state index contributed by atoms with van der Waals surface area (Å²) in [6.45, 7) is 6.36. The molecule has 124 valence electrons. The van der Waals surface area contributed by atoms with Gasteiger partial charge in [-0.25, -0.2) is 4.99 Å². The molecule has 0 aliphatic carbocycles. The van der Waals surface area contributed by atoms with Gasteiger partial charge in [-0.15, -0.1) is 0 Å². The Hall–Kier alpha value is -2.01. The van der Waals surface area contributed by atoms with E-state index in [0.29, 0.717) is 6.54 Å². The number of rotatable bonds is 7. The number of nitrogens with one attached hydrogen (secondary N) is 3. The van der Waals surface area contributed by atoms with Gasteiger partial charge in [0.25, 0.3) is 0 Å². The lowest BCUT2D eigenvalue weighted by Crippen LogP contribution is -2.37. The monoisotopic (exact) mass is 333 g/mol. The summed E-state index contributed by atoms with van der Waals surface area (Å²) < 4.78 is 0. The SMILES string of the molecule is CCNC(=NCc1ccccc1Cl)NCCCc1cn[nH]c1C. The highest BCUT2D eigenvalue weighted by molar-refractivity contribution is 6.31. The van der Waals surface area contributed by atoms with Crippen LogP contribution in [0, 0.1) is 6.92 Å². The first-order valence-electron chi connectivity index (χ1n) is 7.95. The van der Waals surface area contributed by atoms with Crippen molar-refractivity contribution in [2.24, 2.45) is 4.99 Å². The van der Waals surface area contributed by atoms with E-state index in [4.69, 9.17) is 11.6 Å². The predicted molar refractivity (Wildman–Crippen MR) is 95.9 cm³/mol. The smallest absolute Gasteiger partial charge is 0.191 e. The predicted octanol–water partition coefficient (Wildman–Crippen LogP) is 3.06. The number of aromatic amines is 1. The van der Waals surface area contributed by atoms with Crippen molar-refractivity contribution >= 4 is 17.6 Å². The molecular formula is C17H24ClN5. The Bertz CT molecular complexity index is 635. The molecule has 1 aromatic carbocycles. The number of hydrogen-bond donors (Lipinski definition) is 3. The molecule has 0 atom stereocenters. The summed E-state index contributed by atoms with van der Waals surface area (Å²) in [6, 6.07) is 7.79. The second kappa shape index (κ2) is 9.20. The third kappa shape index (κ3) is 5.60. The Morgan fingerprint density at radius 2 is 2.09 bits per heavy atom. The third-order valence-corrected chi connectivity index (χ3v) is 3.93. The van der Waals surface area contributed by atoms with E-state index in [1.165, 1.54) is 5.56 Å². The summed E-state index contributed by atoms with van der Waals surface area (Å²) in [5.41, 5.74) is 3.44. The van der Waals surface area contributed by atoms with E-state index in [9.17, 15) is 0 Å². The average molecular weight is 334 g/mol. The minimum Gasteiger partial charge on any atom is -0.357 e. The van der Waals surface area contributed by atoms with E-state index in [1.54, 1.807) is 0 Å². The number of aryl methyl sites for hydroxylation is 2. The molecule has 1 heterocycles. The topological polar surface area (TPSA) is 65.1 Å². The van der Waals surface area contributed by atoms with Crippen molar-refractivity contribution in [1.82, 2.24) is 20.8 Å². The van der Waals surface area contributed by atoms with E-state index in [1.807, 2.05) is 37.4 Å². The van der Waals surface area contributed by atoms with Crippen molar-refractivity contribution in [3.8, 4) is 0 Å². The van der Waals surface area contributed by atoms with Gasteiger partial charge < -0.3 is 10.6 Å². The lowest BCUT2D eigenvalue weighted by atomic mass is 10.1. The fourth-order valence-corrected chi connectivity index (χ4v) is 2.44. The standard InChI is InChI=1S/C17H24ClN5/c1-3-19-17(21-11-15-7-4-5-9-16(15)18)20-10-6-8-14-12-22-23-13(14)2/h4-5,7,9,12H,3,6,8,10-11H2,1-2H3,(H,22,23)(H2,19,20,21). The third-order valence-electron chi connectivity index (χ3n) is 3.56. The fourth-order valence-electron chi connectivity index (χ4n) is 2.25. The number of benzene rings is 1. The van der Waals surface area contributed by atoms with Gasteiger partial charge in [-0.1, -0.05) is 29.8 Å². The summed E-state index contributed by atoms with van der Waals surface area (Å²) in [5.74, 6) is 0.816. The molecule has 0 saturated carbocycles. The molecule has 0 saturated heterocycles. The molecule has 1 aromatic heterocycles. The van der Waals surface area contributed by atoms with E-state index in [0.717, 1.165) is 48.2 Å². The molecule has 5 nitrogen and oxygen atoms in total. The molecule has 2 rings (SSSR count). The number of halogens is 1. The van der Waals surface area contributed by atoms with Crippen LogP contribution < -0.4 is 10.6 Å². The van der Waals surface area contributed by atoms with Crippen LogP contribution in [0.1, 0.15) is 30.2 Å². The summed E-state index contributed by atoms with van der Waals surface area (Å²) >= 11 is 6.16. The molecule has 0 aliphatic heterocycles. The fraction of sp³-hybridized carbons (Fsp3) is 0.412. The Kier molecular flexibility index (Phi) is 6.94. The number of H-pyrrole nitrogens is 1. The van der Waals surface area contributed by atoms with Gasteiger partial charge >= 0.3 is 0 Å². The van der Waals surface area contributed by atoms with Crippen LogP contribution >= 0.6 is 11.6 Å². The van der Waals surface area contributed by atoms with E-state index >= 15 is 0 Å². The van der Waals surface area contributed by atoms with Crippen LogP contribution in [-0.4, -0.2) is 29.2 Å². The first kappa shape index (κ1) is 17.3. The summed E-state index contributed by atoms with van der Waals surface area (Å²) in [4.78, 5) is 4.59. The van der Waals surface area contributed by atoms with Gasteiger partial charge in [-0.2, -0.15) is 5.10 Å². The molecule has 0 aliphatic rings. The van der Waals surface area contributed by atoms with Crippen LogP contribution in [0.4, 0.5) is 0 Å². The second-order valence-electron chi connectivity index (χ2n) is 5.34. The Labute approximate surface area is 142 Å². The van der Waals surface area contributed by atoms with Gasteiger partial charge in [0.1, 0.15) is 0 Å². The highest BCUT2D eigenvalue weighted by atomic mass is 35.5. The summed E-state index contributed by atoms with van der Waals surface area (Å²) in [6.07, 6.45) is 3.92. The Morgan fingerprint density at radius 1 is 1.26 bits per heavy atom. The maximum Gasteiger partial charge on any atom is 0.191 e. The van der Waals surface area contributed by atoms with Crippen molar-refractivity contribution in [3.05, 3.63) is 52.3 Å². The molecule has 0 fully saturated rings. The lowest BCUT2D eigenvalue weighted by Gasteiger charge is -2.11. The quantitative estimate of drug-likeness (QED) is 0.414. The van der Waals surface area contributed by atoms with Crippen LogP contribution in [0.25, 0.3) is 0 Å². The maximum atomic E-state index is 6.16. The zero-order chi connectivity index (χ0) is 16.5. The molecule has 23 heavy (non-hydrogen) atoms. The maximum absolute atomic E-state index is 6.16. The Balaban J connectivity index is 1.82. The van der Waals surface area contributed by atoms with Crippen molar-refractivity contribution in [2.45, 2.75) is 33.2 Å². The molecular weight excluding hydrogens is 310 g/mol. The minimum absolute atomic E-state index is 0.565. The van der Waals surface area contributed by atoms with Gasteiger partial charge in [0, 0.05) is 23.8 Å². The number of hydrogen-bond acceptors (Lipinski definition) is 2. The van der Waals surface area contributed by atoms with Gasteiger partial charge in [0.05, 0.1) is 12.7 Å². The Morgan fingerprint density at radius 3 is 2.78 bits per heavy atom. The zero-order valence-corrected chi connectivity index (χ0v) is 14.5. The van der Waals surface area contributed by atoms with E-state index in [-0.39, 0.29) is 0 Å². The summed E-state index contributed by atoms with van der Waals surface area (Å²) in [7, 11) is 0. The lowest BCUT2D eigenvalue weighted by molar-refractivity contribution is 0.742. The molecule has 0 bridgehead atoms. The average Bonchev–Trinajstić information content (AvgIpc) is 2.95. The molecule has 6 heteroatoms. The molecule has 0 amide bonds. The van der Waals surface area contributed by atoms with Crippen LogP contribution in [0.15, 0.2) is 35.5 Å². The number of aliphatic imine (C=N–C) groups is 1. The normalized spacial score (nSPS) is 11.5. The summed E-state index contributed by atoms with van der Waals surface area (Å²) in [5, 5.41) is 14.4. The zero-order valence-electron chi connectivity index (χ0n) is 13.7. The van der Waals surface area contributed by atoms with Gasteiger partial charge in [-0.05, 0) is 43.9 Å². The first-order valence-corrected chi connectivity index (χ1v) is 8.33. The molecule has 2 aromatic rings. The highest BCUT2D eigenvalue weighted by Crippen LogP contribution is 2.15. The molecule has 3 N–H and O–H groups in total. The number of aromatic nitrogens is 2. The van der Waals surface area contributed by atoms with Crippen LogP contribution in [0.2, 0.25) is 5.02 Å². The van der Waals surface area contributed by atoms with E-state index in [2.05, 4.69) is 32.7 Å². The largest absolute Gasteiger partial charge is 0.357 e. The molecule has 0 spiro atoms. The van der Waals surface area contributed by atoms with Crippen molar-refractivity contribution in [1.29, 1.82) is 0 Å². The van der Waals surface area contributed by atoms with Crippen molar-refractivity contribution < 1.29 is 0 Å². The van der Waals surface area contributed by atoms with Crippen LogP contribution in [0.5, 0.6) is 0 Å². The van der Waals surface area contributed by atoms with Crippen molar-refractivity contribution in [2.75, 3.05) is 13.1 Å². The number of guanidine groups is 1. The van der Waals surface area contributed by atoms with E-state index < -0.39 is 0 Å². The van der Waals surface area contributed by atoms with Crippen LogP contribution in [0.3, 0.4) is 0 Å². The highest BCUT2D eigenvalue weighted by Gasteiger charge is 2.02. The molecule has 0 radical (unpaired) electrons. The first-order chi connectivity index (χ1) is 11.2. The van der Waals surface area contributed by atoms with Gasteiger partial charge in [0.15, 0.2) is 5.96 Å². The minimum atomic E-state index is 0.565. The number of nitrogens with zero attached hydrogens (tertiary/aromatic N) is 2. The van der Waals surface area contributed by atoms with Gasteiger partial charge in [-0.3, -0.25) is 5.10 Å².